The van der Waals surface area contributed by atoms with Crippen LogP contribution in [-0.4, -0.2) is 96.7 Å². The molecule has 4 unspecified atom stereocenters. The van der Waals surface area contributed by atoms with Gasteiger partial charge in [-0.3, -0.25) is 37.3 Å². The number of carbonyl (C=O) groups excluding carboxylic acids is 4. The molecule has 0 aliphatic rings. The van der Waals surface area contributed by atoms with Crippen LogP contribution in [0.1, 0.15) is 382 Å². The molecule has 0 fully saturated rings. The van der Waals surface area contributed by atoms with Gasteiger partial charge in [0, 0.05) is 25.7 Å². The molecule has 0 spiro atoms. The van der Waals surface area contributed by atoms with Gasteiger partial charge in [0.15, 0.2) is 12.2 Å². The highest BCUT2D eigenvalue weighted by atomic mass is 31.2. The lowest BCUT2D eigenvalue weighted by atomic mass is 9.99. The van der Waals surface area contributed by atoms with Crippen molar-refractivity contribution in [3.05, 3.63) is 24.3 Å². The zero-order valence-electron chi connectivity index (χ0n) is 63.7. The van der Waals surface area contributed by atoms with Crippen LogP contribution in [0.2, 0.25) is 0 Å². The number of aliphatic hydroxyl groups excluding tert-OH is 1. The van der Waals surface area contributed by atoms with E-state index in [1.54, 1.807) is 0 Å². The summed E-state index contributed by atoms with van der Waals surface area (Å²) >= 11 is 0. The maximum absolute atomic E-state index is 13.1. The second kappa shape index (κ2) is 68.9. The largest absolute Gasteiger partial charge is 0.472 e. The van der Waals surface area contributed by atoms with Crippen molar-refractivity contribution in [3.8, 4) is 0 Å². The summed E-state index contributed by atoms with van der Waals surface area (Å²) in [7, 11) is -9.93. The highest BCUT2D eigenvalue weighted by molar-refractivity contribution is 7.47. The minimum Gasteiger partial charge on any atom is -0.462 e. The molecular weight excluding hydrogens is 1280 g/mol. The number of rotatable bonds is 75. The van der Waals surface area contributed by atoms with Gasteiger partial charge in [0.2, 0.25) is 0 Å². The second-order valence-corrected chi connectivity index (χ2v) is 31.9. The van der Waals surface area contributed by atoms with Crippen LogP contribution in [0.3, 0.4) is 0 Å². The van der Waals surface area contributed by atoms with Gasteiger partial charge in [0.25, 0.3) is 0 Å². The first-order chi connectivity index (χ1) is 47.3. The third-order valence-electron chi connectivity index (χ3n) is 18.1. The molecule has 98 heavy (non-hydrogen) atoms. The fourth-order valence-electron chi connectivity index (χ4n) is 11.6. The summed E-state index contributed by atoms with van der Waals surface area (Å²) in [4.78, 5) is 72.9. The van der Waals surface area contributed by atoms with Crippen molar-refractivity contribution < 1.29 is 80.2 Å². The van der Waals surface area contributed by atoms with E-state index in [-0.39, 0.29) is 25.7 Å². The predicted molar refractivity (Wildman–Crippen MR) is 400 cm³/mol. The van der Waals surface area contributed by atoms with Gasteiger partial charge < -0.3 is 33.8 Å². The van der Waals surface area contributed by atoms with Crippen LogP contribution in [-0.2, 0) is 65.4 Å². The zero-order chi connectivity index (χ0) is 72.3. The van der Waals surface area contributed by atoms with Crippen LogP contribution in [0.5, 0.6) is 0 Å². The van der Waals surface area contributed by atoms with Gasteiger partial charge >= 0.3 is 39.5 Å². The molecular formula is C79H150O17P2. The van der Waals surface area contributed by atoms with E-state index in [0.717, 1.165) is 121 Å². The quantitative estimate of drug-likeness (QED) is 0.0169. The first-order valence-electron chi connectivity index (χ1n) is 40.2. The Kier molecular flexibility index (Phi) is 67.2. The van der Waals surface area contributed by atoms with Crippen LogP contribution >= 0.6 is 15.6 Å². The lowest BCUT2D eigenvalue weighted by Gasteiger charge is -2.21. The zero-order valence-corrected chi connectivity index (χ0v) is 65.5. The average Bonchev–Trinajstić information content (AvgIpc) is 0.978. The lowest BCUT2D eigenvalue weighted by Crippen LogP contribution is -2.30. The van der Waals surface area contributed by atoms with Crippen molar-refractivity contribution in [2.75, 3.05) is 39.6 Å². The Morgan fingerprint density at radius 3 is 0.908 bits per heavy atom. The molecule has 0 heterocycles. The topological polar surface area (TPSA) is 237 Å². The Labute approximate surface area is 599 Å². The minimum atomic E-state index is -4.97. The number of hydrogen-bond donors (Lipinski definition) is 3. The van der Waals surface area contributed by atoms with Crippen molar-refractivity contribution in [3.63, 3.8) is 0 Å². The van der Waals surface area contributed by atoms with E-state index in [2.05, 4.69) is 72.8 Å². The Morgan fingerprint density at radius 1 is 0.337 bits per heavy atom. The maximum Gasteiger partial charge on any atom is 0.472 e. The van der Waals surface area contributed by atoms with E-state index >= 15 is 0 Å². The molecule has 0 saturated heterocycles. The van der Waals surface area contributed by atoms with E-state index in [0.29, 0.717) is 31.6 Å². The van der Waals surface area contributed by atoms with E-state index in [1.807, 2.05) is 0 Å². The highest BCUT2D eigenvalue weighted by Gasteiger charge is 2.30. The Morgan fingerprint density at radius 2 is 0.602 bits per heavy atom. The number of allylic oxidation sites excluding steroid dienone is 4. The molecule has 578 valence electrons. The number of phosphoric acid groups is 2. The molecule has 17 nitrogen and oxygen atoms in total. The van der Waals surface area contributed by atoms with E-state index < -0.39 is 97.5 Å². The number of phosphoric ester groups is 2. The number of ether oxygens (including phenoxy) is 4. The third-order valence-corrected chi connectivity index (χ3v) is 20.0. The molecule has 19 heteroatoms. The van der Waals surface area contributed by atoms with Crippen LogP contribution < -0.4 is 0 Å². The van der Waals surface area contributed by atoms with Crippen LogP contribution in [0.25, 0.3) is 0 Å². The number of carbonyl (C=O) groups is 4. The fraction of sp³-hybridized carbons (Fsp3) is 0.899. The Hall–Kier alpha value is -2.46. The van der Waals surface area contributed by atoms with E-state index in [4.69, 9.17) is 37.0 Å². The van der Waals surface area contributed by atoms with Gasteiger partial charge in [0.05, 0.1) is 26.4 Å². The lowest BCUT2D eigenvalue weighted by molar-refractivity contribution is -0.161. The van der Waals surface area contributed by atoms with Crippen molar-refractivity contribution in [1.29, 1.82) is 0 Å². The number of hydrogen-bond acceptors (Lipinski definition) is 15. The molecule has 0 aromatic heterocycles. The molecule has 0 rings (SSSR count). The molecule has 0 aromatic carbocycles. The number of aliphatic hydroxyl groups is 1. The molecule has 0 radical (unpaired) electrons. The van der Waals surface area contributed by atoms with E-state index in [1.165, 1.54) is 173 Å². The molecule has 6 atom stereocenters. The summed E-state index contributed by atoms with van der Waals surface area (Å²) in [5.74, 6) is 0.181. The first kappa shape index (κ1) is 95.5. The molecule has 0 bridgehead atoms. The van der Waals surface area contributed by atoms with Gasteiger partial charge in [-0.2, -0.15) is 0 Å². The maximum atomic E-state index is 13.1. The van der Waals surface area contributed by atoms with Crippen LogP contribution in [0.15, 0.2) is 24.3 Å². The molecule has 0 saturated carbocycles. The van der Waals surface area contributed by atoms with Crippen molar-refractivity contribution in [2.45, 2.75) is 401 Å². The van der Waals surface area contributed by atoms with Crippen molar-refractivity contribution in [1.82, 2.24) is 0 Å². The van der Waals surface area contributed by atoms with E-state index in [9.17, 15) is 43.2 Å². The predicted octanol–water partition coefficient (Wildman–Crippen LogP) is 22.9. The summed E-state index contributed by atoms with van der Waals surface area (Å²) in [6.45, 7) is 11.9. The summed E-state index contributed by atoms with van der Waals surface area (Å²) < 4.78 is 68.6. The third kappa shape index (κ3) is 70.6. The number of esters is 4. The fourth-order valence-corrected chi connectivity index (χ4v) is 13.1. The van der Waals surface area contributed by atoms with Crippen LogP contribution in [0, 0.1) is 17.8 Å². The second-order valence-electron chi connectivity index (χ2n) is 29.0. The Balaban J connectivity index is 5.28. The molecule has 0 amide bonds. The van der Waals surface area contributed by atoms with Crippen molar-refractivity contribution in [2.24, 2.45) is 17.8 Å². The highest BCUT2D eigenvalue weighted by Crippen LogP contribution is 2.45. The van der Waals surface area contributed by atoms with Crippen LogP contribution in [0.4, 0.5) is 0 Å². The summed E-state index contributed by atoms with van der Waals surface area (Å²) in [6.07, 6.45) is 59.1. The summed E-state index contributed by atoms with van der Waals surface area (Å²) in [6, 6.07) is 0. The molecule has 3 N–H and O–H groups in total. The van der Waals surface area contributed by atoms with Gasteiger partial charge in [-0.05, 0) is 69.1 Å². The molecule has 0 aromatic rings. The monoisotopic (exact) mass is 1430 g/mol. The SMILES string of the molecule is CCCCCC/C=C\C=C/CCCCCCCC(=O)O[C@H](COC(=O)CCCCCCCCCC(C)C)COP(=O)(O)OCC(O)COP(=O)(O)OC[C@@H](COC(=O)CCCCCCCCCCCCCCCCC(C)CC)OC(=O)CCCCCCCCCCCCCCC(C)C. The van der Waals surface area contributed by atoms with Crippen molar-refractivity contribution >= 4 is 39.5 Å². The van der Waals surface area contributed by atoms with Gasteiger partial charge in [-0.1, -0.05) is 330 Å². The Bertz CT molecular complexity index is 2000. The normalized spacial score (nSPS) is 14.4. The molecule has 0 aliphatic heterocycles. The number of unbranched alkanes of at least 4 members (excludes halogenated alkanes) is 39. The standard InChI is InChI=1S/C79H150O17P2/c1-8-10-11-12-13-14-15-16-17-22-28-33-40-48-55-62-78(83)96-75(67-90-77(82)61-54-47-42-35-37-44-51-58-71(5)6)69-94-98(87,88)92-65-73(80)64-91-97(85,86)93-68-74(95-79(84)63-56-49-41-34-29-24-23-25-30-36-43-50-57-70(3)4)66-89-76(81)60-53-46-39-32-27-21-19-18-20-26-31-38-45-52-59-72(7)9-2/h14-17,70-75,80H,8-13,18-69H2,1-7H3,(H,85,86)(H,87,88)/b15-14-,17-16-/t72?,73?,74-,75-/m1/s1. The smallest absolute Gasteiger partial charge is 0.462 e. The van der Waals surface area contributed by atoms with Gasteiger partial charge in [-0.25, -0.2) is 9.13 Å². The first-order valence-corrected chi connectivity index (χ1v) is 43.2. The summed E-state index contributed by atoms with van der Waals surface area (Å²) in [5.41, 5.74) is 0. The summed E-state index contributed by atoms with van der Waals surface area (Å²) in [5, 5.41) is 10.6. The average molecular weight is 1430 g/mol. The van der Waals surface area contributed by atoms with Gasteiger partial charge in [-0.15, -0.1) is 0 Å². The molecule has 0 aliphatic carbocycles. The minimum absolute atomic E-state index is 0.0841. The van der Waals surface area contributed by atoms with Gasteiger partial charge in [0.1, 0.15) is 19.3 Å².